The lowest BCUT2D eigenvalue weighted by Gasteiger charge is -2.25. The van der Waals surface area contributed by atoms with Crippen molar-refractivity contribution in [3.8, 4) is 0 Å². The third-order valence-corrected chi connectivity index (χ3v) is 3.15. The van der Waals surface area contributed by atoms with Gasteiger partial charge in [-0.2, -0.15) is 0 Å². The fraction of sp³-hybridized carbons (Fsp3) is 0.500. The summed E-state index contributed by atoms with van der Waals surface area (Å²) in [4.78, 5) is 11.2. The number of hydrogen-bond acceptors (Lipinski definition) is 2. The molecule has 1 aliphatic rings. The van der Waals surface area contributed by atoms with Crippen LogP contribution in [0, 0.1) is 0 Å². The first kappa shape index (κ1) is 11.3. The first-order chi connectivity index (χ1) is 7.81. The number of fused-ring (bicyclic) bond motifs is 1. The van der Waals surface area contributed by atoms with E-state index in [0.717, 1.165) is 19.3 Å². The summed E-state index contributed by atoms with van der Waals surface area (Å²) in [6, 6.07) is 8.39. The molecule has 0 fully saturated rings. The topological polar surface area (TPSA) is 26.3 Å². The zero-order chi connectivity index (χ0) is 11.4. The van der Waals surface area contributed by atoms with E-state index in [-0.39, 0.29) is 18.5 Å². The number of benzene rings is 1. The van der Waals surface area contributed by atoms with Crippen molar-refractivity contribution in [2.45, 2.75) is 38.7 Å². The van der Waals surface area contributed by atoms with Gasteiger partial charge in [0.15, 0.2) is 5.78 Å². The van der Waals surface area contributed by atoms with Crippen LogP contribution < -0.4 is 0 Å². The molecule has 0 heterocycles. The number of hydrogen-bond donors (Lipinski definition) is 0. The maximum Gasteiger partial charge on any atom is 0.158 e. The highest BCUT2D eigenvalue weighted by Crippen LogP contribution is 2.32. The van der Waals surface area contributed by atoms with Crippen molar-refractivity contribution >= 4 is 5.78 Å². The molecule has 0 saturated heterocycles. The molecule has 1 aliphatic carbocycles. The molecule has 1 unspecified atom stereocenters. The van der Waals surface area contributed by atoms with Gasteiger partial charge in [-0.05, 0) is 30.4 Å². The Bertz CT molecular complexity index is 371. The molecule has 0 aromatic heterocycles. The number of carbonyl (C=O) groups is 1. The van der Waals surface area contributed by atoms with Crippen molar-refractivity contribution < 1.29 is 9.53 Å². The Balaban J connectivity index is 2.04. The van der Waals surface area contributed by atoms with Gasteiger partial charge in [-0.15, -0.1) is 0 Å². The summed E-state index contributed by atoms with van der Waals surface area (Å²) in [5.41, 5.74) is 2.65. The summed E-state index contributed by atoms with van der Waals surface area (Å²) in [6.07, 6.45) is 4.02. The summed E-state index contributed by atoms with van der Waals surface area (Å²) >= 11 is 0. The van der Waals surface area contributed by atoms with E-state index in [2.05, 4.69) is 18.2 Å². The predicted molar refractivity (Wildman–Crippen MR) is 63.4 cm³/mol. The van der Waals surface area contributed by atoms with Crippen LogP contribution in [0.25, 0.3) is 0 Å². The van der Waals surface area contributed by atoms with E-state index >= 15 is 0 Å². The zero-order valence-electron chi connectivity index (χ0n) is 9.74. The Morgan fingerprint density at radius 3 is 3.06 bits per heavy atom. The van der Waals surface area contributed by atoms with Gasteiger partial charge in [-0.25, -0.2) is 0 Å². The van der Waals surface area contributed by atoms with E-state index in [1.807, 2.05) is 13.0 Å². The Hall–Kier alpha value is -1.15. The Morgan fingerprint density at radius 2 is 2.25 bits per heavy atom. The van der Waals surface area contributed by atoms with Gasteiger partial charge in [0.05, 0.1) is 6.10 Å². The van der Waals surface area contributed by atoms with Gasteiger partial charge < -0.3 is 4.74 Å². The summed E-state index contributed by atoms with van der Waals surface area (Å²) in [7, 11) is 0. The van der Waals surface area contributed by atoms with Crippen LogP contribution in [0.2, 0.25) is 0 Å². The highest BCUT2D eigenvalue weighted by Gasteiger charge is 2.20. The van der Waals surface area contributed by atoms with Crippen molar-refractivity contribution in [3.63, 3.8) is 0 Å². The van der Waals surface area contributed by atoms with Crippen molar-refractivity contribution in [2.75, 3.05) is 6.61 Å². The molecule has 1 aromatic carbocycles. The van der Waals surface area contributed by atoms with Crippen LogP contribution in [0.5, 0.6) is 0 Å². The van der Waals surface area contributed by atoms with Gasteiger partial charge in [0.25, 0.3) is 0 Å². The molecule has 2 nitrogen and oxygen atoms in total. The maximum atomic E-state index is 11.2. The number of ether oxygens (including phenoxy) is 1. The van der Waals surface area contributed by atoms with Crippen LogP contribution in [0.1, 0.15) is 43.4 Å². The smallest absolute Gasteiger partial charge is 0.158 e. The number of ketones is 1. The lowest BCUT2D eigenvalue weighted by Crippen LogP contribution is -2.16. The van der Waals surface area contributed by atoms with Crippen LogP contribution in [0.15, 0.2) is 24.3 Å². The molecule has 1 atom stereocenters. The standard InChI is InChI=1S/C14H18O2/c1-2-12(15)10-16-14-9-5-7-11-6-3-4-8-13(11)14/h3-4,6,8,14H,2,5,7,9-10H2,1H3. The SMILES string of the molecule is CCC(=O)COC1CCCc2ccccc21. The fourth-order valence-corrected chi connectivity index (χ4v) is 2.18. The normalized spacial score (nSPS) is 19.2. The number of carbonyl (C=O) groups excluding carboxylic acids is 1. The Kier molecular flexibility index (Phi) is 3.73. The largest absolute Gasteiger partial charge is 0.366 e. The monoisotopic (exact) mass is 218 g/mol. The maximum absolute atomic E-state index is 11.2. The van der Waals surface area contributed by atoms with E-state index in [1.54, 1.807) is 0 Å². The quantitative estimate of drug-likeness (QED) is 0.776. The number of rotatable bonds is 4. The number of Topliss-reactive ketones (excluding diaryl/α,β-unsaturated/α-hetero) is 1. The lowest BCUT2D eigenvalue weighted by atomic mass is 9.89. The van der Waals surface area contributed by atoms with E-state index in [1.165, 1.54) is 11.1 Å². The van der Waals surface area contributed by atoms with Crippen molar-refractivity contribution in [1.82, 2.24) is 0 Å². The number of aryl methyl sites for hydroxylation is 1. The average molecular weight is 218 g/mol. The molecule has 0 N–H and O–H groups in total. The minimum Gasteiger partial charge on any atom is -0.366 e. The Morgan fingerprint density at radius 1 is 1.44 bits per heavy atom. The lowest BCUT2D eigenvalue weighted by molar-refractivity contribution is -0.125. The second-order valence-corrected chi connectivity index (χ2v) is 4.28. The van der Waals surface area contributed by atoms with E-state index in [0.29, 0.717) is 6.42 Å². The van der Waals surface area contributed by atoms with Crippen molar-refractivity contribution in [1.29, 1.82) is 0 Å². The van der Waals surface area contributed by atoms with Crippen LogP contribution in [-0.4, -0.2) is 12.4 Å². The molecule has 16 heavy (non-hydrogen) atoms. The van der Waals surface area contributed by atoms with Crippen LogP contribution in [0.4, 0.5) is 0 Å². The molecule has 0 saturated carbocycles. The van der Waals surface area contributed by atoms with Gasteiger partial charge >= 0.3 is 0 Å². The molecular formula is C14H18O2. The highest BCUT2D eigenvalue weighted by molar-refractivity contribution is 5.79. The van der Waals surface area contributed by atoms with E-state index in [4.69, 9.17) is 4.74 Å². The molecule has 0 radical (unpaired) electrons. The van der Waals surface area contributed by atoms with Gasteiger partial charge in [0, 0.05) is 6.42 Å². The highest BCUT2D eigenvalue weighted by atomic mass is 16.5. The van der Waals surface area contributed by atoms with Gasteiger partial charge in [-0.1, -0.05) is 31.2 Å². The minimum absolute atomic E-state index is 0.125. The zero-order valence-corrected chi connectivity index (χ0v) is 9.74. The predicted octanol–water partition coefficient (Wildman–Crippen LogP) is 3.06. The molecular weight excluding hydrogens is 200 g/mol. The van der Waals surface area contributed by atoms with Crippen LogP contribution >= 0.6 is 0 Å². The second-order valence-electron chi connectivity index (χ2n) is 4.28. The molecule has 2 heteroatoms. The van der Waals surface area contributed by atoms with Crippen molar-refractivity contribution in [2.24, 2.45) is 0 Å². The van der Waals surface area contributed by atoms with E-state index in [9.17, 15) is 4.79 Å². The minimum atomic E-state index is 0.125. The fourth-order valence-electron chi connectivity index (χ4n) is 2.18. The summed E-state index contributed by atoms with van der Waals surface area (Å²) < 4.78 is 5.71. The van der Waals surface area contributed by atoms with Crippen LogP contribution in [0.3, 0.4) is 0 Å². The Labute approximate surface area is 96.6 Å². The molecule has 0 amide bonds. The summed E-state index contributed by atoms with van der Waals surface area (Å²) in [5.74, 6) is 0.183. The second kappa shape index (κ2) is 5.26. The molecule has 0 bridgehead atoms. The average Bonchev–Trinajstić information content (AvgIpc) is 2.35. The third-order valence-electron chi connectivity index (χ3n) is 3.15. The summed E-state index contributed by atoms with van der Waals surface area (Å²) in [5, 5.41) is 0. The molecule has 86 valence electrons. The molecule has 2 rings (SSSR count). The van der Waals surface area contributed by atoms with Gasteiger partial charge in [0.2, 0.25) is 0 Å². The van der Waals surface area contributed by atoms with E-state index < -0.39 is 0 Å². The van der Waals surface area contributed by atoms with Gasteiger partial charge in [0.1, 0.15) is 6.61 Å². The molecule has 0 spiro atoms. The summed E-state index contributed by atoms with van der Waals surface area (Å²) in [6.45, 7) is 2.13. The van der Waals surface area contributed by atoms with Gasteiger partial charge in [-0.3, -0.25) is 4.79 Å². The molecule has 0 aliphatic heterocycles. The first-order valence-electron chi connectivity index (χ1n) is 6.02. The van der Waals surface area contributed by atoms with Crippen molar-refractivity contribution in [3.05, 3.63) is 35.4 Å². The first-order valence-corrected chi connectivity index (χ1v) is 6.02. The third kappa shape index (κ3) is 2.50. The van der Waals surface area contributed by atoms with Crippen LogP contribution in [-0.2, 0) is 16.0 Å². The molecule has 1 aromatic rings.